The van der Waals surface area contributed by atoms with E-state index in [2.05, 4.69) is 32.0 Å². The van der Waals surface area contributed by atoms with Gasteiger partial charge in [-0.2, -0.15) is 0 Å². The lowest BCUT2D eigenvalue weighted by Crippen LogP contribution is -2.10. The van der Waals surface area contributed by atoms with Crippen molar-refractivity contribution in [2.75, 3.05) is 0 Å². The lowest BCUT2D eigenvalue weighted by atomic mass is 9.99. The Morgan fingerprint density at radius 2 is 2.07 bits per heavy atom. The van der Waals surface area contributed by atoms with Crippen molar-refractivity contribution in [1.29, 1.82) is 0 Å². The van der Waals surface area contributed by atoms with Crippen LogP contribution in [0, 0.1) is 19.8 Å². The molecule has 1 nitrogen and oxygen atoms in total. The summed E-state index contributed by atoms with van der Waals surface area (Å²) in [5, 5.41) is 9.80. The van der Waals surface area contributed by atoms with E-state index >= 15 is 0 Å². The molecule has 82 valence electrons. The Bertz CT molecular complexity index is 339. The lowest BCUT2D eigenvalue weighted by Gasteiger charge is -2.11. The van der Waals surface area contributed by atoms with Crippen LogP contribution in [0.25, 0.3) is 0 Å². The molecule has 1 N–H and O–H groups in total. The van der Waals surface area contributed by atoms with Gasteiger partial charge < -0.3 is 5.11 Å². The standard InChI is InChI=1S/C14H20O/c1-10-3-4-12(11(2)9-10)7-8-14(15)13-5-6-13/h3-4,9,13-15H,5-8H2,1-2H3. The van der Waals surface area contributed by atoms with E-state index in [-0.39, 0.29) is 6.10 Å². The predicted octanol–water partition coefficient (Wildman–Crippen LogP) is 3.01. The van der Waals surface area contributed by atoms with Gasteiger partial charge in [-0.25, -0.2) is 0 Å². The van der Waals surface area contributed by atoms with E-state index in [1.165, 1.54) is 29.5 Å². The van der Waals surface area contributed by atoms with Gasteiger partial charge in [0.2, 0.25) is 0 Å². The molecule has 0 aliphatic heterocycles. The van der Waals surface area contributed by atoms with Gasteiger partial charge in [0, 0.05) is 0 Å². The van der Waals surface area contributed by atoms with Crippen molar-refractivity contribution in [1.82, 2.24) is 0 Å². The third kappa shape index (κ3) is 2.82. The maximum absolute atomic E-state index is 9.80. The van der Waals surface area contributed by atoms with Gasteiger partial charge in [-0.3, -0.25) is 0 Å². The third-order valence-corrected chi connectivity index (χ3v) is 3.37. The summed E-state index contributed by atoms with van der Waals surface area (Å²) in [6, 6.07) is 6.58. The average Bonchev–Trinajstić information content (AvgIpc) is 2.99. The first kappa shape index (κ1) is 10.7. The van der Waals surface area contributed by atoms with Crippen molar-refractivity contribution in [3.05, 3.63) is 34.9 Å². The van der Waals surface area contributed by atoms with Gasteiger partial charge in [0.15, 0.2) is 0 Å². The Morgan fingerprint density at radius 1 is 1.33 bits per heavy atom. The summed E-state index contributed by atoms with van der Waals surface area (Å²) in [5.41, 5.74) is 4.07. The molecule has 1 aromatic carbocycles. The van der Waals surface area contributed by atoms with E-state index in [1.807, 2.05) is 0 Å². The fraction of sp³-hybridized carbons (Fsp3) is 0.571. The molecular formula is C14H20O. The highest BCUT2D eigenvalue weighted by Crippen LogP contribution is 2.34. The molecule has 0 bridgehead atoms. The number of hydrogen-bond donors (Lipinski definition) is 1. The second kappa shape index (κ2) is 4.36. The maximum Gasteiger partial charge on any atom is 0.0571 e. The quantitative estimate of drug-likeness (QED) is 0.799. The van der Waals surface area contributed by atoms with Gasteiger partial charge in [0.1, 0.15) is 0 Å². The number of aliphatic hydroxyl groups is 1. The molecule has 1 aliphatic carbocycles. The molecule has 1 fully saturated rings. The van der Waals surface area contributed by atoms with Crippen LogP contribution in [0.1, 0.15) is 36.0 Å². The molecular weight excluding hydrogens is 184 g/mol. The fourth-order valence-corrected chi connectivity index (χ4v) is 2.15. The van der Waals surface area contributed by atoms with Crippen LogP contribution in [-0.2, 0) is 6.42 Å². The molecule has 0 amide bonds. The van der Waals surface area contributed by atoms with Crippen LogP contribution in [0.5, 0.6) is 0 Å². The zero-order chi connectivity index (χ0) is 10.8. The van der Waals surface area contributed by atoms with Crippen molar-refractivity contribution in [3.8, 4) is 0 Å². The minimum absolute atomic E-state index is 0.0642. The van der Waals surface area contributed by atoms with Gasteiger partial charge in [-0.15, -0.1) is 0 Å². The summed E-state index contributed by atoms with van der Waals surface area (Å²) >= 11 is 0. The molecule has 0 saturated heterocycles. The van der Waals surface area contributed by atoms with Gasteiger partial charge in [0.25, 0.3) is 0 Å². The van der Waals surface area contributed by atoms with E-state index in [4.69, 9.17) is 0 Å². The van der Waals surface area contributed by atoms with Crippen LogP contribution in [0.2, 0.25) is 0 Å². The second-order valence-corrected chi connectivity index (χ2v) is 4.87. The Hall–Kier alpha value is -0.820. The van der Waals surface area contributed by atoms with Crippen molar-refractivity contribution in [3.63, 3.8) is 0 Å². The first-order chi connectivity index (χ1) is 7.16. The molecule has 1 aromatic rings. The van der Waals surface area contributed by atoms with Crippen LogP contribution < -0.4 is 0 Å². The van der Waals surface area contributed by atoms with Crippen LogP contribution in [0.4, 0.5) is 0 Å². The lowest BCUT2D eigenvalue weighted by molar-refractivity contribution is 0.142. The SMILES string of the molecule is Cc1ccc(CCC(O)C2CC2)c(C)c1. The molecule has 0 heterocycles. The first-order valence-corrected chi connectivity index (χ1v) is 5.91. The third-order valence-electron chi connectivity index (χ3n) is 3.37. The van der Waals surface area contributed by atoms with Crippen molar-refractivity contribution < 1.29 is 5.11 Å². The smallest absolute Gasteiger partial charge is 0.0571 e. The molecule has 1 aliphatic rings. The summed E-state index contributed by atoms with van der Waals surface area (Å²) in [4.78, 5) is 0. The minimum Gasteiger partial charge on any atom is -0.393 e. The van der Waals surface area contributed by atoms with E-state index < -0.39 is 0 Å². The predicted molar refractivity (Wildman–Crippen MR) is 63.0 cm³/mol. The molecule has 0 aromatic heterocycles. The highest BCUT2D eigenvalue weighted by molar-refractivity contribution is 5.30. The Balaban J connectivity index is 1.92. The van der Waals surface area contributed by atoms with E-state index in [9.17, 15) is 5.11 Å². The van der Waals surface area contributed by atoms with Gasteiger partial charge in [-0.05, 0) is 56.6 Å². The topological polar surface area (TPSA) is 20.2 Å². The summed E-state index contributed by atoms with van der Waals surface area (Å²) in [5.74, 6) is 0.607. The first-order valence-electron chi connectivity index (χ1n) is 5.91. The maximum atomic E-state index is 9.80. The number of benzene rings is 1. The van der Waals surface area contributed by atoms with Crippen molar-refractivity contribution in [2.24, 2.45) is 5.92 Å². The molecule has 15 heavy (non-hydrogen) atoms. The number of rotatable bonds is 4. The highest BCUT2D eigenvalue weighted by atomic mass is 16.3. The van der Waals surface area contributed by atoms with Crippen LogP contribution in [0.15, 0.2) is 18.2 Å². The van der Waals surface area contributed by atoms with Crippen molar-refractivity contribution >= 4 is 0 Å². The van der Waals surface area contributed by atoms with Gasteiger partial charge >= 0.3 is 0 Å². The molecule has 0 radical (unpaired) electrons. The van der Waals surface area contributed by atoms with E-state index in [0.717, 1.165) is 12.8 Å². The Labute approximate surface area is 92.1 Å². The Kier molecular flexibility index (Phi) is 3.11. The molecule has 1 unspecified atom stereocenters. The highest BCUT2D eigenvalue weighted by Gasteiger charge is 2.29. The zero-order valence-electron chi connectivity index (χ0n) is 9.66. The molecule has 1 saturated carbocycles. The number of aliphatic hydroxyl groups excluding tert-OH is 1. The normalized spacial score (nSPS) is 17.8. The largest absolute Gasteiger partial charge is 0.393 e. The minimum atomic E-state index is -0.0642. The van der Waals surface area contributed by atoms with Crippen LogP contribution in [-0.4, -0.2) is 11.2 Å². The van der Waals surface area contributed by atoms with E-state index in [1.54, 1.807) is 0 Å². The summed E-state index contributed by atoms with van der Waals surface area (Å²) in [6.45, 7) is 4.28. The summed E-state index contributed by atoms with van der Waals surface area (Å²) in [7, 11) is 0. The number of hydrogen-bond acceptors (Lipinski definition) is 1. The van der Waals surface area contributed by atoms with Crippen molar-refractivity contribution in [2.45, 2.75) is 45.6 Å². The second-order valence-electron chi connectivity index (χ2n) is 4.87. The van der Waals surface area contributed by atoms with Gasteiger partial charge in [0.05, 0.1) is 6.10 Å². The fourth-order valence-electron chi connectivity index (χ4n) is 2.15. The molecule has 1 heteroatoms. The van der Waals surface area contributed by atoms with Crippen LogP contribution in [0.3, 0.4) is 0 Å². The molecule has 0 spiro atoms. The average molecular weight is 204 g/mol. The van der Waals surface area contributed by atoms with Gasteiger partial charge in [-0.1, -0.05) is 23.8 Å². The monoisotopic (exact) mass is 204 g/mol. The number of aryl methyl sites for hydroxylation is 3. The Morgan fingerprint density at radius 3 is 2.67 bits per heavy atom. The zero-order valence-corrected chi connectivity index (χ0v) is 9.66. The molecule has 1 atom stereocenters. The summed E-state index contributed by atoms with van der Waals surface area (Å²) < 4.78 is 0. The van der Waals surface area contributed by atoms with Crippen LogP contribution >= 0.6 is 0 Å². The summed E-state index contributed by atoms with van der Waals surface area (Å²) in [6.07, 6.45) is 4.34. The van der Waals surface area contributed by atoms with E-state index in [0.29, 0.717) is 5.92 Å². The molecule has 2 rings (SSSR count).